The van der Waals surface area contributed by atoms with Crippen molar-refractivity contribution in [3.8, 4) is 0 Å². The fourth-order valence-corrected chi connectivity index (χ4v) is 2.93. The molecule has 0 aromatic heterocycles. The van der Waals surface area contributed by atoms with Crippen LogP contribution in [0, 0.1) is 21.7 Å². The average molecular weight is 569 g/mol. The molecule has 0 rings (SSSR count). The predicted octanol–water partition coefficient (Wildman–Crippen LogP) is 7.59. The minimum atomic E-state index is -0.704. The van der Waals surface area contributed by atoms with E-state index in [0.29, 0.717) is 0 Å². The van der Waals surface area contributed by atoms with Gasteiger partial charge < -0.3 is 20.4 Å². The second-order valence-electron chi connectivity index (χ2n) is 11.8. The van der Waals surface area contributed by atoms with Crippen molar-refractivity contribution in [2.45, 2.75) is 134 Å². The zero-order valence-corrected chi connectivity index (χ0v) is 27.1. The third-order valence-corrected chi connectivity index (χ3v) is 5.82. The molecule has 220 valence electrons. The molecule has 0 aliphatic carbocycles. The fourth-order valence-electron chi connectivity index (χ4n) is 2.93. The molecule has 0 spiro atoms. The van der Waals surface area contributed by atoms with Crippen LogP contribution in [-0.2, 0) is 40.9 Å². The second kappa shape index (κ2) is 21.5. The van der Waals surface area contributed by atoms with Crippen molar-refractivity contribution in [1.82, 2.24) is 0 Å². The maximum absolute atomic E-state index is 10.4. The Labute approximate surface area is 240 Å². The summed E-state index contributed by atoms with van der Waals surface area (Å²) in [4.78, 5) is 41.6. The molecule has 0 aromatic rings. The number of aliphatic carboxylic acids is 4. The van der Waals surface area contributed by atoms with E-state index in [4.69, 9.17) is 20.4 Å². The minimum absolute atomic E-state index is 0. The SMILES string of the molecule is CCCC(C)(C)C(=O)O.CCCC(C)(C)C(=O)O.CCCC(C)(C)C(=O)O.CCCC(C)(C)C(=O)O.[Ti]. The quantitative estimate of drug-likeness (QED) is 0.176. The Morgan fingerprint density at radius 3 is 0.541 bits per heavy atom. The van der Waals surface area contributed by atoms with Crippen LogP contribution in [0.25, 0.3) is 0 Å². The number of carboxylic acids is 4. The monoisotopic (exact) mass is 568 g/mol. The molecule has 0 aliphatic heterocycles. The summed E-state index contributed by atoms with van der Waals surface area (Å²) in [5, 5.41) is 34.3. The van der Waals surface area contributed by atoms with E-state index in [1.807, 2.05) is 27.7 Å². The Morgan fingerprint density at radius 2 is 0.514 bits per heavy atom. The van der Waals surface area contributed by atoms with Gasteiger partial charge in [-0.1, -0.05) is 53.4 Å². The van der Waals surface area contributed by atoms with Gasteiger partial charge >= 0.3 is 23.9 Å². The molecule has 8 nitrogen and oxygen atoms in total. The van der Waals surface area contributed by atoms with Crippen molar-refractivity contribution >= 4 is 23.9 Å². The minimum Gasteiger partial charge on any atom is -0.481 e. The molecule has 37 heavy (non-hydrogen) atoms. The topological polar surface area (TPSA) is 149 Å². The summed E-state index contributed by atoms with van der Waals surface area (Å²) in [7, 11) is 0. The molecule has 0 fully saturated rings. The average Bonchev–Trinajstić information content (AvgIpc) is 2.69. The summed E-state index contributed by atoms with van der Waals surface area (Å²) < 4.78 is 0. The molecule has 0 aliphatic rings. The van der Waals surface area contributed by atoms with E-state index in [-0.39, 0.29) is 21.7 Å². The Bertz CT molecular complexity index is 541. The number of carbonyl (C=O) groups is 4. The Hall–Kier alpha value is -1.41. The first-order valence-electron chi connectivity index (χ1n) is 13.0. The first-order valence-corrected chi connectivity index (χ1v) is 13.0. The molecular formula is C28H56O8Ti. The van der Waals surface area contributed by atoms with Crippen LogP contribution in [0.4, 0.5) is 0 Å². The molecule has 0 atom stereocenters. The number of rotatable bonds is 12. The third kappa shape index (κ3) is 24.7. The zero-order chi connectivity index (χ0) is 30.0. The van der Waals surface area contributed by atoms with Crippen LogP contribution in [0.15, 0.2) is 0 Å². The van der Waals surface area contributed by atoms with Crippen LogP contribution in [0.3, 0.4) is 0 Å². The Kier molecular flexibility index (Phi) is 26.5. The first-order chi connectivity index (χ1) is 16.0. The van der Waals surface area contributed by atoms with Gasteiger partial charge in [-0.3, -0.25) is 19.2 Å². The summed E-state index contributed by atoms with van der Waals surface area (Å²) in [6, 6.07) is 0. The van der Waals surface area contributed by atoms with E-state index in [0.717, 1.165) is 51.4 Å². The van der Waals surface area contributed by atoms with Crippen molar-refractivity contribution in [2.24, 2.45) is 21.7 Å². The van der Waals surface area contributed by atoms with Crippen LogP contribution >= 0.6 is 0 Å². The largest absolute Gasteiger partial charge is 0.481 e. The van der Waals surface area contributed by atoms with Gasteiger partial charge in [0.2, 0.25) is 0 Å². The van der Waals surface area contributed by atoms with Crippen molar-refractivity contribution in [1.29, 1.82) is 0 Å². The van der Waals surface area contributed by atoms with Gasteiger partial charge in [0.15, 0.2) is 0 Å². The maximum Gasteiger partial charge on any atom is 0.309 e. The smallest absolute Gasteiger partial charge is 0.309 e. The van der Waals surface area contributed by atoms with E-state index in [1.165, 1.54) is 0 Å². The molecule has 9 heteroatoms. The van der Waals surface area contributed by atoms with E-state index >= 15 is 0 Å². The van der Waals surface area contributed by atoms with E-state index in [1.54, 1.807) is 55.4 Å². The Morgan fingerprint density at radius 1 is 0.405 bits per heavy atom. The van der Waals surface area contributed by atoms with Crippen LogP contribution in [0.1, 0.15) is 134 Å². The molecular weight excluding hydrogens is 512 g/mol. The van der Waals surface area contributed by atoms with Crippen molar-refractivity contribution in [3.05, 3.63) is 0 Å². The molecule has 0 aromatic carbocycles. The number of hydrogen-bond acceptors (Lipinski definition) is 4. The summed E-state index contributed by atoms with van der Waals surface area (Å²) in [5.74, 6) is -2.82. The molecule has 0 saturated carbocycles. The third-order valence-electron chi connectivity index (χ3n) is 5.82. The van der Waals surface area contributed by atoms with Crippen molar-refractivity contribution in [2.75, 3.05) is 0 Å². The standard InChI is InChI=1S/4C7H14O2.Ti/c4*1-4-5-7(2,3)6(8)9;/h4*4-5H2,1-3H3,(H,8,9);. The molecule has 0 heterocycles. The number of hydrogen-bond donors (Lipinski definition) is 4. The summed E-state index contributed by atoms with van der Waals surface area (Å²) >= 11 is 0. The van der Waals surface area contributed by atoms with E-state index in [9.17, 15) is 19.2 Å². The van der Waals surface area contributed by atoms with Gasteiger partial charge in [0.25, 0.3) is 0 Å². The van der Waals surface area contributed by atoms with Gasteiger partial charge in [0.1, 0.15) is 0 Å². The van der Waals surface area contributed by atoms with Gasteiger partial charge in [-0.15, -0.1) is 0 Å². The Balaban J connectivity index is -0.000000122. The molecule has 4 N–H and O–H groups in total. The van der Waals surface area contributed by atoms with Gasteiger partial charge in [-0.05, 0) is 81.1 Å². The molecule has 0 radical (unpaired) electrons. The van der Waals surface area contributed by atoms with Gasteiger partial charge in [0.05, 0.1) is 21.7 Å². The molecule has 0 saturated heterocycles. The fraction of sp³-hybridized carbons (Fsp3) is 0.857. The first kappa shape index (κ1) is 45.5. The van der Waals surface area contributed by atoms with E-state index in [2.05, 4.69) is 0 Å². The zero-order valence-electron chi connectivity index (χ0n) is 25.6. The van der Waals surface area contributed by atoms with Crippen molar-refractivity contribution in [3.63, 3.8) is 0 Å². The van der Waals surface area contributed by atoms with E-state index < -0.39 is 45.5 Å². The molecule has 0 amide bonds. The normalized spacial score (nSPS) is 11.1. The summed E-state index contributed by atoms with van der Waals surface area (Å²) in [6.45, 7) is 22.0. The van der Waals surface area contributed by atoms with Crippen LogP contribution in [0.5, 0.6) is 0 Å². The summed E-state index contributed by atoms with van der Waals surface area (Å²) in [6.07, 6.45) is 6.73. The van der Waals surface area contributed by atoms with Crippen molar-refractivity contribution < 1.29 is 61.3 Å². The summed E-state index contributed by atoms with van der Waals surface area (Å²) in [5.41, 5.74) is -2.13. The maximum atomic E-state index is 10.4. The molecule has 0 bridgehead atoms. The van der Waals surface area contributed by atoms with Crippen LogP contribution < -0.4 is 0 Å². The van der Waals surface area contributed by atoms with Crippen LogP contribution in [0.2, 0.25) is 0 Å². The van der Waals surface area contributed by atoms with Gasteiger partial charge in [0, 0.05) is 21.7 Å². The second-order valence-corrected chi connectivity index (χ2v) is 11.8. The van der Waals surface area contributed by atoms with Gasteiger partial charge in [-0.25, -0.2) is 0 Å². The predicted molar refractivity (Wildman–Crippen MR) is 145 cm³/mol. The van der Waals surface area contributed by atoms with Gasteiger partial charge in [-0.2, -0.15) is 0 Å². The molecule has 0 unspecified atom stereocenters. The van der Waals surface area contributed by atoms with Crippen LogP contribution in [-0.4, -0.2) is 44.3 Å². The number of carboxylic acid groups (broad SMARTS) is 4.